The largest absolute Gasteiger partial charge is 0.399 e. The molecule has 0 radical (unpaired) electrons. The Morgan fingerprint density at radius 1 is 1.15 bits per heavy atom. The van der Waals surface area contributed by atoms with Crippen LogP contribution >= 0.6 is 0 Å². The minimum Gasteiger partial charge on any atom is -0.399 e. The summed E-state index contributed by atoms with van der Waals surface area (Å²) in [5.74, 6) is 0. The fourth-order valence-corrected chi connectivity index (χ4v) is 1.90. The van der Waals surface area contributed by atoms with Crippen LogP contribution in [0.25, 0.3) is 0 Å². The third-order valence-electron chi connectivity index (χ3n) is 3.18. The molecule has 0 saturated heterocycles. The van der Waals surface area contributed by atoms with Gasteiger partial charge in [-0.1, -0.05) is 24.3 Å². The van der Waals surface area contributed by atoms with Crippen molar-refractivity contribution in [3.8, 4) is 0 Å². The minimum atomic E-state index is -0.141. The van der Waals surface area contributed by atoms with Crippen molar-refractivity contribution in [1.29, 1.82) is 0 Å². The Balaban J connectivity index is 1.99. The SMILES string of the molecule is Cc1ccccc1CN(C)C(=O)Nc1ccc(N)cc1. The number of nitrogens with zero attached hydrogens (tertiary/aromatic N) is 1. The first-order chi connectivity index (χ1) is 9.56. The van der Waals surface area contributed by atoms with Crippen molar-refractivity contribution >= 4 is 17.4 Å². The van der Waals surface area contributed by atoms with Gasteiger partial charge in [0.05, 0.1) is 0 Å². The Bertz CT molecular complexity index is 593. The molecule has 0 saturated carbocycles. The molecule has 0 spiro atoms. The van der Waals surface area contributed by atoms with Crippen LogP contribution < -0.4 is 11.1 Å². The predicted octanol–water partition coefficient (Wildman–Crippen LogP) is 3.24. The summed E-state index contributed by atoms with van der Waals surface area (Å²) in [4.78, 5) is 13.7. The zero-order chi connectivity index (χ0) is 14.5. The van der Waals surface area contributed by atoms with E-state index < -0.39 is 0 Å². The molecule has 0 aliphatic carbocycles. The standard InChI is InChI=1S/C16H19N3O/c1-12-5-3-4-6-13(12)11-19(2)16(20)18-15-9-7-14(17)8-10-15/h3-10H,11,17H2,1-2H3,(H,18,20). The van der Waals surface area contributed by atoms with Crippen molar-refractivity contribution in [3.63, 3.8) is 0 Å². The van der Waals surface area contributed by atoms with Crippen molar-refractivity contribution in [2.24, 2.45) is 0 Å². The number of amides is 2. The van der Waals surface area contributed by atoms with Crippen LogP contribution in [0.2, 0.25) is 0 Å². The molecular weight excluding hydrogens is 250 g/mol. The van der Waals surface area contributed by atoms with Crippen LogP contribution in [-0.4, -0.2) is 18.0 Å². The lowest BCUT2D eigenvalue weighted by Gasteiger charge is -2.19. The average Bonchev–Trinajstić information content (AvgIpc) is 2.44. The normalized spacial score (nSPS) is 10.1. The van der Waals surface area contributed by atoms with Crippen molar-refractivity contribution < 1.29 is 4.79 Å². The summed E-state index contributed by atoms with van der Waals surface area (Å²) in [5, 5.41) is 2.84. The molecule has 2 amide bonds. The Morgan fingerprint density at radius 3 is 2.45 bits per heavy atom. The average molecular weight is 269 g/mol. The highest BCUT2D eigenvalue weighted by atomic mass is 16.2. The van der Waals surface area contributed by atoms with E-state index in [9.17, 15) is 4.79 Å². The summed E-state index contributed by atoms with van der Waals surface area (Å²) in [7, 11) is 1.78. The molecule has 0 aromatic heterocycles. The van der Waals surface area contributed by atoms with Gasteiger partial charge in [0.1, 0.15) is 0 Å². The lowest BCUT2D eigenvalue weighted by Crippen LogP contribution is -2.31. The van der Waals surface area contributed by atoms with Crippen molar-refractivity contribution in [2.45, 2.75) is 13.5 Å². The highest BCUT2D eigenvalue weighted by Crippen LogP contribution is 2.13. The second-order valence-corrected chi connectivity index (χ2v) is 4.83. The molecule has 0 unspecified atom stereocenters. The topological polar surface area (TPSA) is 58.4 Å². The molecule has 20 heavy (non-hydrogen) atoms. The molecule has 0 atom stereocenters. The molecule has 3 N–H and O–H groups in total. The van der Waals surface area contributed by atoms with E-state index in [2.05, 4.69) is 5.32 Å². The van der Waals surface area contributed by atoms with Gasteiger partial charge in [-0.25, -0.2) is 4.79 Å². The van der Waals surface area contributed by atoms with E-state index in [1.807, 2.05) is 31.2 Å². The molecule has 0 heterocycles. The molecule has 104 valence electrons. The van der Waals surface area contributed by atoms with Gasteiger partial charge in [0.15, 0.2) is 0 Å². The number of nitrogens with two attached hydrogens (primary N) is 1. The fraction of sp³-hybridized carbons (Fsp3) is 0.188. The monoisotopic (exact) mass is 269 g/mol. The molecule has 4 nitrogen and oxygen atoms in total. The lowest BCUT2D eigenvalue weighted by atomic mass is 10.1. The van der Waals surface area contributed by atoms with E-state index in [1.165, 1.54) is 5.56 Å². The van der Waals surface area contributed by atoms with Crippen molar-refractivity contribution in [3.05, 3.63) is 59.7 Å². The molecule has 4 heteroatoms. The van der Waals surface area contributed by atoms with Gasteiger partial charge in [-0.3, -0.25) is 0 Å². The summed E-state index contributed by atoms with van der Waals surface area (Å²) in [6.07, 6.45) is 0. The highest BCUT2D eigenvalue weighted by Gasteiger charge is 2.10. The summed E-state index contributed by atoms with van der Waals surface area (Å²) >= 11 is 0. The van der Waals surface area contributed by atoms with Gasteiger partial charge in [-0.05, 0) is 42.3 Å². The molecule has 0 aliphatic heterocycles. The molecule has 0 fully saturated rings. The van der Waals surface area contributed by atoms with Gasteiger partial charge in [0, 0.05) is 25.0 Å². The summed E-state index contributed by atoms with van der Waals surface area (Å²) in [6.45, 7) is 2.62. The molecule has 2 aromatic rings. The maximum Gasteiger partial charge on any atom is 0.321 e. The van der Waals surface area contributed by atoms with Gasteiger partial charge < -0.3 is 16.0 Å². The Labute approximate surface area is 119 Å². The van der Waals surface area contributed by atoms with Crippen LogP contribution in [0.5, 0.6) is 0 Å². The zero-order valence-corrected chi connectivity index (χ0v) is 11.8. The number of aryl methyl sites for hydroxylation is 1. The van der Waals surface area contributed by atoms with Crippen LogP contribution in [0, 0.1) is 6.92 Å². The van der Waals surface area contributed by atoms with Crippen LogP contribution in [0.3, 0.4) is 0 Å². The summed E-state index contributed by atoms with van der Waals surface area (Å²) in [5.41, 5.74) is 9.35. The first-order valence-electron chi connectivity index (χ1n) is 6.48. The van der Waals surface area contributed by atoms with Crippen LogP contribution in [-0.2, 0) is 6.54 Å². The summed E-state index contributed by atoms with van der Waals surface area (Å²) in [6, 6.07) is 15.0. The first-order valence-corrected chi connectivity index (χ1v) is 6.48. The van der Waals surface area contributed by atoms with Gasteiger partial charge in [0.25, 0.3) is 0 Å². The number of carbonyl (C=O) groups excluding carboxylic acids is 1. The molecule has 2 rings (SSSR count). The number of nitrogens with one attached hydrogen (secondary N) is 1. The van der Waals surface area contributed by atoms with Gasteiger partial charge >= 0.3 is 6.03 Å². The van der Waals surface area contributed by atoms with Gasteiger partial charge in [-0.15, -0.1) is 0 Å². The maximum atomic E-state index is 12.1. The van der Waals surface area contributed by atoms with Crippen LogP contribution in [0.1, 0.15) is 11.1 Å². The second kappa shape index (κ2) is 6.10. The molecule has 0 bridgehead atoms. The van der Waals surface area contributed by atoms with Crippen LogP contribution in [0.4, 0.5) is 16.2 Å². The van der Waals surface area contributed by atoms with Gasteiger partial charge in [0.2, 0.25) is 0 Å². The number of urea groups is 1. The Hall–Kier alpha value is -2.49. The smallest absolute Gasteiger partial charge is 0.321 e. The predicted molar refractivity (Wildman–Crippen MR) is 82.5 cm³/mol. The number of benzene rings is 2. The molecular formula is C16H19N3O. The van der Waals surface area contributed by atoms with Gasteiger partial charge in [-0.2, -0.15) is 0 Å². The third kappa shape index (κ3) is 3.51. The zero-order valence-electron chi connectivity index (χ0n) is 11.8. The Kier molecular flexibility index (Phi) is 4.25. The van der Waals surface area contributed by atoms with E-state index in [-0.39, 0.29) is 6.03 Å². The van der Waals surface area contributed by atoms with E-state index in [0.29, 0.717) is 12.2 Å². The van der Waals surface area contributed by atoms with E-state index in [4.69, 9.17) is 5.73 Å². The summed E-state index contributed by atoms with van der Waals surface area (Å²) < 4.78 is 0. The number of rotatable bonds is 3. The van der Waals surface area contributed by atoms with Crippen molar-refractivity contribution in [1.82, 2.24) is 4.90 Å². The Morgan fingerprint density at radius 2 is 1.80 bits per heavy atom. The third-order valence-corrected chi connectivity index (χ3v) is 3.18. The number of carbonyl (C=O) groups is 1. The molecule has 2 aromatic carbocycles. The number of anilines is 2. The van der Waals surface area contributed by atoms with Crippen molar-refractivity contribution in [2.75, 3.05) is 18.1 Å². The first kappa shape index (κ1) is 13.9. The van der Waals surface area contributed by atoms with E-state index in [1.54, 1.807) is 36.2 Å². The minimum absolute atomic E-state index is 0.141. The maximum absolute atomic E-state index is 12.1. The highest BCUT2D eigenvalue weighted by molar-refractivity contribution is 5.89. The number of hydrogen-bond donors (Lipinski definition) is 2. The molecule has 0 aliphatic rings. The van der Waals surface area contributed by atoms with Crippen LogP contribution in [0.15, 0.2) is 48.5 Å². The lowest BCUT2D eigenvalue weighted by molar-refractivity contribution is 0.220. The van der Waals surface area contributed by atoms with E-state index in [0.717, 1.165) is 11.3 Å². The number of hydrogen-bond acceptors (Lipinski definition) is 2. The van der Waals surface area contributed by atoms with E-state index >= 15 is 0 Å². The second-order valence-electron chi connectivity index (χ2n) is 4.83. The fourth-order valence-electron chi connectivity index (χ4n) is 1.90. The number of nitrogen functional groups attached to an aromatic ring is 1. The quantitative estimate of drug-likeness (QED) is 0.840.